The van der Waals surface area contributed by atoms with Crippen LogP contribution in [0, 0.1) is 0 Å². The zero-order valence-electron chi connectivity index (χ0n) is 7.36. The van der Waals surface area contributed by atoms with E-state index in [0.29, 0.717) is 12.6 Å². The number of benzene rings is 1. The Hall–Kier alpha value is -1.43. The number of oxazole rings is 1. The van der Waals surface area contributed by atoms with E-state index in [1.54, 1.807) is 0 Å². The van der Waals surface area contributed by atoms with Crippen molar-refractivity contribution in [3.8, 4) is 0 Å². The number of aromatic nitrogens is 1. The van der Waals surface area contributed by atoms with Gasteiger partial charge in [0.1, 0.15) is 12.2 Å². The van der Waals surface area contributed by atoms with Crippen molar-refractivity contribution in [3.05, 3.63) is 30.2 Å². The highest BCUT2D eigenvalue weighted by Gasteiger charge is 2.21. The number of nitrogens with one attached hydrogen (secondary N) is 2. The van der Waals surface area contributed by atoms with E-state index in [2.05, 4.69) is 15.8 Å². The molecule has 1 unspecified atom stereocenters. The molecule has 5 heteroatoms. The number of fused-ring (bicyclic) bond motifs is 1. The van der Waals surface area contributed by atoms with Crippen LogP contribution in [-0.4, -0.2) is 11.7 Å². The van der Waals surface area contributed by atoms with Gasteiger partial charge in [0.15, 0.2) is 11.7 Å². The Labute approximate surface area is 80.0 Å². The summed E-state index contributed by atoms with van der Waals surface area (Å²) < 4.78 is 5.54. The smallest absolute Gasteiger partial charge is 0.229 e. The summed E-state index contributed by atoms with van der Waals surface area (Å²) in [4.78, 5) is 9.27. The lowest BCUT2D eigenvalue weighted by Crippen LogP contribution is -2.20. The van der Waals surface area contributed by atoms with E-state index in [4.69, 9.17) is 9.25 Å². The van der Waals surface area contributed by atoms with Crippen LogP contribution in [0.3, 0.4) is 0 Å². The van der Waals surface area contributed by atoms with E-state index in [9.17, 15) is 0 Å². The standard InChI is InChI=1S/C9H9N3O2/c1-2-4-7-6(3-1)11-9(14-7)8-10-5-13-12-8/h1-4,8,10,12H,5H2. The first-order chi connectivity index (χ1) is 6.93. The highest BCUT2D eigenvalue weighted by atomic mass is 16.7. The van der Waals surface area contributed by atoms with E-state index in [0.717, 1.165) is 11.1 Å². The molecule has 0 spiro atoms. The Bertz CT molecular complexity index is 415. The molecule has 1 atom stereocenters. The zero-order valence-corrected chi connectivity index (χ0v) is 7.36. The monoisotopic (exact) mass is 191 g/mol. The van der Waals surface area contributed by atoms with Crippen molar-refractivity contribution in [2.45, 2.75) is 6.17 Å². The van der Waals surface area contributed by atoms with Crippen LogP contribution < -0.4 is 10.8 Å². The average Bonchev–Trinajstić information content (AvgIpc) is 2.86. The number of hydrogen-bond acceptors (Lipinski definition) is 5. The molecule has 0 aliphatic carbocycles. The molecule has 1 aliphatic rings. The summed E-state index contributed by atoms with van der Waals surface area (Å²) in [5.74, 6) is 0.601. The molecule has 1 aromatic carbocycles. The van der Waals surface area contributed by atoms with Gasteiger partial charge < -0.3 is 4.42 Å². The largest absolute Gasteiger partial charge is 0.437 e. The van der Waals surface area contributed by atoms with Crippen LogP contribution in [0.25, 0.3) is 11.1 Å². The molecular formula is C9H9N3O2. The minimum Gasteiger partial charge on any atom is -0.437 e. The molecule has 0 radical (unpaired) electrons. The molecule has 1 aliphatic heterocycles. The van der Waals surface area contributed by atoms with Gasteiger partial charge in [-0.1, -0.05) is 12.1 Å². The maximum atomic E-state index is 5.54. The Morgan fingerprint density at radius 3 is 3.07 bits per heavy atom. The van der Waals surface area contributed by atoms with Crippen molar-refractivity contribution in [1.29, 1.82) is 0 Å². The molecule has 14 heavy (non-hydrogen) atoms. The summed E-state index contributed by atoms with van der Waals surface area (Å²) in [7, 11) is 0. The molecule has 72 valence electrons. The van der Waals surface area contributed by atoms with E-state index in [1.165, 1.54) is 0 Å². The molecular weight excluding hydrogens is 182 g/mol. The number of hydrogen-bond donors (Lipinski definition) is 2. The highest BCUT2D eigenvalue weighted by Crippen LogP contribution is 2.19. The summed E-state index contributed by atoms with van der Waals surface area (Å²) in [6.07, 6.45) is -0.151. The maximum Gasteiger partial charge on any atom is 0.229 e. The lowest BCUT2D eigenvalue weighted by Gasteiger charge is -2.01. The Kier molecular flexibility index (Phi) is 1.73. The molecule has 5 nitrogen and oxygen atoms in total. The van der Waals surface area contributed by atoms with Crippen molar-refractivity contribution in [1.82, 2.24) is 15.8 Å². The van der Waals surface area contributed by atoms with Crippen LogP contribution in [0.5, 0.6) is 0 Å². The molecule has 1 fully saturated rings. The minimum atomic E-state index is -0.151. The first-order valence-electron chi connectivity index (χ1n) is 4.40. The number of hydroxylamine groups is 1. The lowest BCUT2D eigenvalue weighted by molar-refractivity contribution is 0.0834. The van der Waals surface area contributed by atoms with E-state index in [-0.39, 0.29) is 6.17 Å². The number of rotatable bonds is 1. The SMILES string of the molecule is c1ccc2oc(C3NCON3)nc2c1. The van der Waals surface area contributed by atoms with E-state index < -0.39 is 0 Å². The third kappa shape index (κ3) is 1.19. The van der Waals surface area contributed by atoms with Crippen LogP contribution in [0.15, 0.2) is 28.7 Å². The van der Waals surface area contributed by atoms with Crippen molar-refractivity contribution < 1.29 is 9.25 Å². The van der Waals surface area contributed by atoms with Gasteiger partial charge >= 0.3 is 0 Å². The van der Waals surface area contributed by atoms with Crippen molar-refractivity contribution in [2.24, 2.45) is 0 Å². The van der Waals surface area contributed by atoms with Crippen LogP contribution >= 0.6 is 0 Å². The van der Waals surface area contributed by atoms with Gasteiger partial charge in [-0.25, -0.2) is 4.98 Å². The Morgan fingerprint density at radius 2 is 2.29 bits per heavy atom. The fourth-order valence-electron chi connectivity index (χ4n) is 1.44. The third-order valence-electron chi connectivity index (χ3n) is 2.12. The van der Waals surface area contributed by atoms with Crippen LogP contribution in [0.2, 0.25) is 0 Å². The normalized spacial score (nSPS) is 21.9. The molecule has 0 bridgehead atoms. The predicted molar refractivity (Wildman–Crippen MR) is 49.0 cm³/mol. The average molecular weight is 191 g/mol. The summed E-state index contributed by atoms with van der Waals surface area (Å²) >= 11 is 0. The van der Waals surface area contributed by atoms with Gasteiger partial charge in [-0.3, -0.25) is 10.2 Å². The predicted octanol–water partition coefficient (Wildman–Crippen LogP) is 0.908. The first kappa shape index (κ1) is 7.93. The molecule has 0 saturated carbocycles. The summed E-state index contributed by atoms with van der Waals surface area (Å²) in [5, 5.41) is 3.04. The van der Waals surface area contributed by atoms with E-state index in [1.807, 2.05) is 24.3 Å². The van der Waals surface area contributed by atoms with Gasteiger partial charge in [-0.15, -0.1) is 0 Å². The zero-order chi connectivity index (χ0) is 9.38. The summed E-state index contributed by atoms with van der Waals surface area (Å²) in [6.45, 7) is 0.462. The van der Waals surface area contributed by atoms with Gasteiger partial charge in [0, 0.05) is 0 Å². The van der Waals surface area contributed by atoms with Crippen molar-refractivity contribution in [2.75, 3.05) is 6.73 Å². The second-order valence-corrected chi connectivity index (χ2v) is 3.06. The quantitative estimate of drug-likeness (QED) is 0.701. The van der Waals surface area contributed by atoms with Gasteiger partial charge in [-0.05, 0) is 12.1 Å². The van der Waals surface area contributed by atoms with Gasteiger partial charge in [0.05, 0.1) is 0 Å². The van der Waals surface area contributed by atoms with Crippen molar-refractivity contribution >= 4 is 11.1 Å². The molecule has 1 saturated heterocycles. The van der Waals surface area contributed by atoms with Gasteiger partial charge in [0.2, 0.25) is 5.89 Å². The van der Waals surface area contributed by atoms with Crippen LogP contribution in [0.1, 0.15) is 12.1 Å². The Balaban J connectivity index is 2.05. The molecule has 2 heterocycles. The maximum absolute atomic E-state index is 5.54. The van der Waals surface area contributed by atoms with Gasteiger partial charge in [-0.2, -0.15) is 5.48 Å². The van der Waals surface area contributed by atoms with E-state index >= 15 is 0 Å². The molecule has 3 rings (SSSR count). The molecule has 0 amide bonds. The minimum absolute atomic E-state index is 0.151. The van der Waals surface area contributed by atoms with Crippen LogP contribution in [0.4, 0.5) is 0 Å². The fraction of sp³-hybridized carbons (Fsp3) is 0.222. The molecule has 2 N–H and O–H groups in total. The molecule has 1 aromatic heterocycles. The summed E-state index contributed by atoms with van der Waals surface area (Å²) in [6, 6.07) is 7.66. The third-order valence-corrected chi connectivity index (χ3v) is 2.12. The van der Waals surface area contributed by atoms with Crippen LogP contribution in [-0.2, 0) is 4.84 Å². The van der Waals surface area contributed by atoms with Crippen molar-refractivity contribution in [3.63, 3.8) is 0 Å². The number of para-hydroxylation sites is 2. The number of nitrogens with zero attached hydrogens (tertiary/aromatic N) is 1. The first-order valence-corrected chi connectivity index (χ1v) is 4.40. The lowest BCUT2D eigenvalue weighted by atomic mass is 10.3. The summed E-state index contributed by atoms with van der Waals surface area (Å²) in [5.41, 5.74) is 4.42. The second-order valence-electron chi connectivity index (χ2n) is 3.06. The Morgan fingerprint density at radius 1 is 1.36 bits per heavy atom. The highest BCUT2D eigenvalue weighted by molar-refractivity contribution is 5.72. The molecule has 2 aromatic rings. The second kappa shape index (κ2) is 3.06. The fourth-order valence-corrected chi connectivity index (χ4v) is 1.44. The van der Waals surface area contributed by atoms with Gasteiger partial charge in [0.25, 0.3) is 0 Å². The topological polar surface area (TPSA) is 59.3 Å².